The van der Waals surface area contributed by atoms with Crippen molar-refractivity contribution in [3.63, 3.8) is 0 Å². The molecule has 170 valence electrons. The predicted octanol–water partition coefficient (Wildman–Crippen LogP) is 3.42. The fourth-order valence-corrected chi connectivity index (χ4v) is 2.97. The van der Waals surface area contributed by atoms with Gasteiger partial charge in [0, 0.05) is 24.2 Å². The predicted molar refractivity (Wildman–Crippen MR) is 94.9 cm³/mol. The summed E-state index contributed by atoms with van der Waals surface area (Å²) in [6.07, 6.45) is -6.96. The number of nitrogens with zero attached hydrogens (tertiary/aromatic N) is 3. The first-order valence-electron chi connectivity index (χ1n) is 8.24. The second-order valence-electron chi connectivity index (χ2n) is 6.26. The lowest BCUT2D eigenvalue weighted by molar-refractivity contribution is -0.189. The van der Waals surface area contributed by atoms with E-state index in [2.05, 4.69) is 19.7 Å². The topological polar surface area (TPSA) is 115 Å². The summed E-state index contributed by atoms with van der Waals surface area (Å²) in [7, 11) is -3.87. The zero-order chi connectivity index (χ0) is 23.9. The lowest BCUT2D eigenvalue weighted by Crippen LogP contribution is -2.28. The first kappa shape index (κ1) is 23.2. The van der Waals surface area contributed by atoms with Gasteiger partial charge in [-0.1, -0.05) is 0 Å². The monoisotopic (exact) mass is 480 g/mol. The van der Waals surface area contributed by atoms with Crippen molar-refractivity contribution in [3.05, 3.63) is 42.5 Å². The molecule has 3 aromatic rings. The molecule has 0 fully saturated rings. The molecule has 0 unspecified atom stereocenters. The van der Waals surface area contributed by atoms with E-state index in [1.54, 1.807) is 0 Å². The fourth-order valence-electron chi connectivity index (χ4n) is 2.39. The number of esters is 1. The third kappa shape index (κ3) is 5.04. The molecule has 32 heavy (non-hydrogen) atoms. The van der Waals surface area contributed by atoms with Crippen LogP contribution in [0.1, 0.15) is 5.69 Å². The van der Waals surface area contributed by atoms with Gasteiger partial charge in [-0.25, -0.2) is 23.2 Å². The Morgan fingerprint density at radius 2 is 1.72 bits per heavy atom. The van der Waals surface area contributed by atoms with Crippen LogP contribution in [0.4, 0.5) is 26.3 Å². The van der Waals surface area contributed by atoms with Crippen molar-refractivity contribution in [2.75, 3.05) is 6.26 Å². The molecule has 0 atom stereocenters. The molecule has 1 N–H and O–H groups in total. The molecule has 3 rings (SSSR count). The van der Waals surface area contributed by atoms with Crippen LogP contribution in [-0.4, -0.2) is 46.8 Å². The van der Waals surface area contributed by atoms with E-state index in [-0.39, 0.29) is 22.6 Å². The minimum Gasteiger partial charge on any atom is -0.400 e. The minimum atomic E-state index is -5.36. The van der Waals surface area contributed by atoms with Gasteiger partial charge in [0.1, 0.15) is 11.4 Å². The molecule has 0 aliphatic carbocycles. The number of sulfone groups is 1. The van der Waals surface area contributed by atoms with Crippen LogP contribution in [0, 0.1) is 0 Å². The van der Waals surface area contributed by atoms with Gasteiger partial charge in [0.25, 0.3) is 0 Å². The zero-order valence-corrected chi connectivity index (χ0v) is 16.4. The molecule has 0 radical (unpaired) electrons. The molecule has 3 heterocycles. The minimum absolute atomic E-state index is 0.0528. The van der Waals surface area contributed by atoms with Gasteiger partial charge in [-0.05, 0) is 23.8 Å². The second-order valence-corrected chi connectivity index (χ2v) is 8.27. The van der Waals surface area contributed by atoms with E-state index in [0.717, 1.165) is 24.6 Å². The molecule has 0 aliphatic rings. The van der Waals surface area contributed by atoms with Crippen LogP contribution < -0.4 is 4.74 Å². The van der Waals surface area contributed by atoms with E-state index >= 15 is 0 Å². The molecule has 8 nitrogen and oxygen atoms in total. The standard InChI is InChI=1S/C17H10F6N4O4S/c1-32(29,30)9-5-10(14(26-6-9)31-15(28)17(21,22)23)8-2-3-24-11(4-8)13-25-7-12(27-13)16(18,19)20/h2-7H,1H3,(H,25,27). The number of alkyl halides is 6. The maximum atomic E-state index is 12.8. The van der Waals surface area contributed by atoms with Crippen molar-refractivity contribution >= 4 is 15.8 Å². The van der Waals surface area contributed by atoms with Gasteiger partial charge < -0.3 is 9.72 Å². The molecular weight excluding hydrogens is 470 g/mol. The number of imidazole rings is 1. The number of rotatable bonds is 4. The summed E-state index contributed by atoms with van der Waals surface area (Å²) in [6, 6.07) is 3.21. The van der Waals surface area contributed by atoms with Crippen molar-refractivity contribution in [2.45, 2.75) is 17.2 Å². The molecular formula is C17H10F6N4O4S. The van der Waals surface area contributed by atoms with Crippen molar-refractivity contribution < 1.29 is 44.3 Å². The van der Waals surface area contributed by atoms with Crippen LogP contribution in [0.3, 0.4) is 0 Å². The summed E-state index contributed by atoms with van der Waals surface area (Å²) in [5, 5.41) is 0. The SMILES string of the molecule is CS(=O)(=O)c1cnc(OC(=O)C(F)(F)F)c(-c2ccnc(-c3ncc(C(F)(F)F)[nH]3)c2)c1. The fraction of sp³-hybridized carbons (Fsp3) is 0.176. The average Bonchev–Trinajstić information content (AvgIpc) is 3.17. The number of ether oxygens (including phenoxy) is 1. The number of carbonyl (C=O) groups excluding carboxylic acids is 1. The third-order valence-corrected chi connectivity index (χ3v) is 4.95. The Labute approximate surface area is 175 Å². The van der Waals surface area contributed by atoms with Crippen molar-refractivity contribution in [3.8, 4) is 28.5 Å². The van der Waals surface area contributed by atoms with Crippen molar-refractivity contribution in [1.82, 2.24) is 19.9 Å². The molecule has 0 amide bonds. The van der Waals surface area contributed by atoms with E-state index in [1.165, 1.54) is 6.07 Å². The molecule has 0 spiro atoms. The van der Waals surface area contributed by atoms with Gasteiger partial charge in [-0.15, -0.1) is 0 Å². The summed E-state index contributed by atoms with van der Waals surface area (Å²) >= 11 is 0. The molecule has 0 saturated carbocycles. The van der Waals surface area contributed by atoms with E-state index in [4.69, 9.17) is 0 Å². The number of H-pyrrole nitrogens is 1. The van der Waals surface area contributed by atoms with Crippen molar-refractivity contribution in [1.29, 1.82) is 0 Å². The molecule has 3 aromatic heterocycles. The summed E-state index contributed by atoms with van der Waals surface area (Å²) in [4.78, 5) is 23.8. The van der Waals surface area contributed by atoms with Gasteiger partial charge in [-0.3, -0.25) is 4.98 Å². The van der Waals surface area contributed by atoms with Crippen LogP contribution in [0.2, 0.25) is 0 Å². The normalized spacial score (nSPS) is 12.6. The lowest BCUT2D eigenvalue weighted by Gasteiger charge is -2.12. The number of nitrogens with one attached hydrogen (secondary N) is 1. The zero-order valence-electron chi connectivity index (χ0n) is 15.6. The smallest absolute Gasteiger partial charge is 0.400 e. The summed E-state index contributed by atoms with van der Waals surface area (Å²) in [5.74, 6) is -3.79. The molecule has 0 aliphatic heterocycles. The van der Waals surface area contributed by atoms with E-state index < -0.39 is 44.6 Å². The number of hydrogen-bond donors (Lipinski definition) is 1. The first-order valence-corrected chi connectivity index (χ1v) is 10.1. The van der Waals surface area contributed by atoms with Crippen molar-refractivity contribution in [2.24, 2.45) is 0 Å². The Morgan fingerprint density at radius 3 is 2.28 bits per heavy atom. The van der Waals surface area contributed by atoms with Gasteiger partial charge in [0.05, 0.1) is 11.1 Å². The van der Waals surface area contributed by atoms with Crippen LogP contribution in [-0.2, 0) is 20.8 Å². The van der Waals surface area contributed by atoms with E-state index in [0.29, 0.717) is 12.4 Å². The highest BCUT2D eigenvalue weighted by molar-refractivity contribution is 7.90. The first-order chi connectivity index (χ1) is 14.7. The summed E-state index contributed by atoms with van der Waals surface area (Å²) < 4.78 is 104. The second kappa shape index (κ2) is 7.89. The number of aromatic nitrogens is 4. The molecule has 0 aromatic carbocycles. The largest absolute Gasteiger partial charge is 0.491 e. The molecule has 0 bridgehead atoms. The maximum Gasteiger partial charge on any atom is 0.491 e. The maximum absolute atomic E-state index is 12.8. The quantitative estimate of drug-likeness (QED) is 0.450. The number of hydrogen-bond acceptors (Lipinski definition) is 7. The lowest BCUT2D eigenvalue weighted by atomic mass is 10.1. The van der Waals surface area contributed by atoms with Crippen LogP contribution in [0.15, 0.2) is 41.7 Å². The highest BCUT2D eigenvalue weighted by Crippen LogP contribution is 2.34. The average molecular weight is 480 g/mol. The van der Waals surface area contributed by atoms with Gasteiger partial charge in [0.15, 0.2) is 15.7 Å². The van der Waals surface area contributed by atoms with Crippen LogP contribution in [0.5, 0.6) is 5.88 Å². The third-order valence-electron chi connectivity index (χ3n) is 3.87. The Morgan fingerprint density at radius 1 is 1.03 bits per heavy atom. The summed E-state index contributed by atoms with van der Waals surface area (Å²) in [5.41, 5.74) is -1.73. The molecule has 15 heteroatoms. The number of carbonyl (C=O) groups is 1. The van der Waals surface area contributed by atoms with Gasteiger partial charge >= 0.3 is 18.3 Å². The number of pyridine rings is 2. The highest BCUT2D eigenvalue weighted by atomic mass is 32.2. The Hall–Kier alpha value is -3.49. The Kier molecular flexibility index (Phi) is 5.71. The van der Waals surface area contributed by atoms with E-state index in [1.807, 2.05) is 4.98 Å². The highest BCUT2D eigenvalue weighted by Gasteiger charge is 2.42. The number of aromatic amines is 1. The van der Waals surface area contributed by atoms with Crippen LogP contribution >= 0.6 is 0 Å². The van der Waals surface area contributed by atoms with E-state index in [9.17, 15) is 39.6 Å². The summed E-state index contributed by atoms with van der Waals surface area (Å²) in [6.45, 7) is 0. The van der Waals surface area contributed by atoms with Gasteiger partial charge in [-0.2, -0.15) is 26.3 Å². The Bertz CT molecular complexity index is 1280. The Balaban J connectivity index is 2.12. The molecule has 0 saturated heterocycles. The van der Waals surface area contributed by atoms with Crippen LogP contribution in [0.25, 0.3) is 22.6 Å². The van der Waals surface area contributed by atoms with Gasteiger partial charge in [0.2, 0.25) is 5.88 Å². The number of halogens is 6.